The molecule has 0 bridgehead atoms. The molecule has 0 radical (unpaired) electrons. The SMILES string of the molecule is CC1(C)O[C@H]([C@H](O)COC(c2ccccc2)(c2ccccc2)c2ccccc2)[C@H](CO)O1. The molecule has 32 heavy (non-hydrogen) atoms. The van der Waals surface area contributed by atoms with Gasteiger partial charge in [0.15, 0.2) is 5.79 Å². The Morgan fingerprint density at radius 2 is 1.25 bits per heavy atom. The topological polar surface area (TPSA) is 68.2 Å². The van der Waals surface area contributed by atoms with E-state index in [2.05, 4.69) is 0 Å². The van der Waals surface area contributed by atoms with Crippen LogP contribution in [0.1, 0.15) is 30.5 Å². The summed E-state index contributed by atoms with van der Waals surface area (Å²) in [7, 11) is 0. The van der Waals surface area contributed by atoms with Gasteiger partial charge in [-0.3, -0.25) is 0 Å². The lowest BCUT2D eigenvalue weighted by atomic mass is 9.80. The maximum Gasteiger partial charge on any atom is 0.164 e. The second-order valence-electron chi connectivity index (χ2n) is 8.48. The maximum atomic E-state index is 11.0. The van der Waals surface area contributed by atoms with E-state index in [4.69, 9.17) is 14.2 Å². The molecule has 1 heterocycles. The molecule has 1 saturated heterocycles. The van der Waals surface area contributed by atoms with Crippen molar-refractivity contribution in [3.8, 4) is 0 Å². The van der Waals surface area contributed by atoms with Crippen LogP contribution < -0.4 is 0 Å². The normalized spacial score (nSPS) is 21.4. The molecule has 0 spiro atoms. The van der Waals surface area contributed by atoms with Gasteiger partial charge in [0.1, 0.15) is 23.9 Å². The van der Waals surface area contributed by atoms with Crippen molar-refractivity contribution in [3.05, 3.63) is 108 Å². The third-order valence-corrected chi connectivity index (χ3v) is 5.79. The van der Waals surface area contributed by atoms with Crippen molar-refractivity contribution in [1.82, 2.24) is 0 Å². The van der Waals surface area contributed by atoms with E-state index in [1.807, 2.05) is 91.0 Å². The van der Waals surface area contributed by atoms with Crippen LogP contribution in [-0.2, 0) is 19.8 Å². The molecule has 3 aromatic carbocycles. The maximum absolute atomic E-state index is 11.0. The summed E-state index contributed by atoms with van der Waals surface area (Å²) in [4.78, 5) is 0. The lowest BCUT2D eigenvalue weighted by molar-refractivity contribution is -0.162. The Labute approximate surface area is 189 Å². The number of hydrogen-bond acceptors (Lipinski definition) is 5. The van der Waals surface area contributed by atoms with Gasteiger partial charge in [-0.1, -0.05) is 91.0 Å². The highest BCUT2D eigenvalue weighted by atomic mass is 16.8. The van der Waals surface area contributed by atoms with Crippen LogP contribution in [0.2, 0.25) is 0 Å². The fourth-order valence-electron chi connectivity index (χ4n) is 4.40. The van der Waals surface area contributed by atoms with Gasteiger partial charge in [-0.15, -0.1) is 0 Å². The quantitative estimate of drug-likeness (QED) is 0.527. The molecular formula is C27H30O5. The van der Waals surface area contributed by atoms with Crippen molar-refractivity contribution in [1.29, 1.82) is 0 Å². The minimum atomic E-state index is -0.996. The first-order valence-corrected chi connectivity index (χ1v) is 10.9. The average molecular weight is 435 g/mol. The molecular weight excluding hydrogens is 404 g/mol. The second-order valence-corrected chi connectivity index (χ2v) is 8.48. The molecule has 0 aromatic heterocycles. The fourth-order valence-corrected chi connectivity index (χ4v) is 4.40. The predicted molar refractivity (Wildman–Crippen MR) is 122 cm³/mol. The molecule has 5 heteroatoms. The van der Waals surface area contributed by atoms with Gasteiger partial charge < -0.3 is 24.4 Å². The van der Waals surface area contributed by atoms with E-state index in [9.17, 15) is 10.2 Å². The van der Waals surface area contributed by atoms with Crippen LogP contribution in [0.25, 0.3) is 0 Å². The van der Waals surface area contributed by atoms with Crippen molar-refractivity contribution in [3.63, 3.8) is 0 Å². The summed E-state index contributed by atoms with van der Waals surface area (Å²) < 4.78 is 18.3. The Hall–Kier alpha value is -2.54. The molecule has 5 nitrogen and oxygen atoms in total. The summed E-state index contributed by atoms with van der Waals surface area (Å²) in [5.74, 6) is -0.881. The minimum Gasteiger partial charge on any atom is -0.394 e. The number of aliphatic hydroxyl groups excluding tert-OH is 2. The van der Waals surface area contributed by atoms with Gasteiger partial charge in [-0.2, -0.15) is 0 Å². The standard InChI is InChI=1S/C27H30O5/c1-26(2)31-24(18-28)25(32-26)23(29)19-30-27(20-12-6-3-7-13-20,21-14-8-4-9-15-21)22-16-10-5-11-17-22/h3-17,23-25,28-29H,18-19H2,1-2H3/t23-,24+,25-/m1/s1. The van der Waals surface area contributed by atoms with E-state index in [1.165, 1.54) is 0 Å². The van der Waals surface area contributed by atoms with E-state index < -0.39 is 29.7 Å². The fraction of sp³-hybridized carbons (Fsp3) is 0.333. The molecule has 1 fully saturated rings. The zero-order valence-corrected chi connectivity index (χ0v) is 18.4. The highest BCUT2D eigenvalue weighted by Gasteiger charge is 2.46. The largest absolute Gasteiger partial charge is 0.394 e. The van der Waals surface area contributed by atoms with Gasteiger partial charge in [0, 0.05) is 0 Å². The lowest BCUT2D eigenvalue weighted by Crippen LogP contribution is -2.43. The summed E-state index contributed by atoms with van der Waals surface area (Å²) >= 11 is 0. The molecule has 0 aliphatic carbocycles. The Balaban J connectivity index is 1.73. The van der Waals surface area contributed by atoms with E-state index in [1.54, 1.807) is 13.8 Å². The first-order valence-electron chi connectivity index (χ1n) is 10.9. The lowest BCUT2D eigenvalue weighted by Gasteiger charge is -2.37. The van der Waals surface area contributed by atoms with Gasteiger partial charge in [0.2, 0.25) is 0 Å². The molecule has 2 N–H and O–H groups in total. The van der Waals surface area contributed by atoms with Crippen LogP contribution >= 0.6 is 0 Å². The van der Waals surface area contributed by atoms with Gasteiger partial charge in [0.05, 0.1) is 13.2 Å². The Bertz CT molecular complexity index is 878. The summed E-state index contributed by atoms with van der Waals surface area (Å²) in [6, 6.07) is 30.0. The number of aliphatic hydroxyl groups is 2. The number of rotatable bonds is 8. The van der Waals surface area contributed by atoms with Crippen LogP contribution in [0.3, 0.4) is 0 Å². The summed E-state index contributed by atoms with van der Waals surface area (Å²) in [6.45, 7) is 3.28. The first kappa shape index (κ1) is 22.6. The van der Waals surface area contributed by atoms with E-state index in [0.717, 1.165) is 16.7 Å². The highest BCUT2D eigenvalue weighted by Crippen LogP contribution is 2.41. The zero-order valence-electron chi connectivity index (χ0n) is 18.4. The molecule has 0 unspecified atom stereocenters. The highest BCUT2D eigenvalue weighted by molar-refractivity contribution is 5.47. The zero-order chi connectivity index (χ0) is 22.6. The summed E-state index contributed by atoms with van der Waals surface area (Å²) in [6.07, 6.45) is -2.32. The molecule has 168 valence electrons. The van der Waals surface area contributed by atoms with Gasteiger partial charge >= 0.3 is 0 Å². The average Bonchev–Trinajstić information content (AvgIpc) is 3.16. The van der Waals surface area contributed by atoms with Gasteiger partial charge in [-0.05, 0) is 30.5 Å². The summed E-state index contributed by atoms with van der Waals surface area (Å²) in [5.41, 5.74) is 1.92. The van der Waals surface area contributed by atoms with E-state index in [0.29, 0.717) is 0 Å². The number of hydrogen-bond donors (Lipinski definition) is 2. The van der Waals surface area contributed by atoms with Crippen molar-refractivity contribution < 1.29 is 24.4 Å². The molecule has 1 aliphatic rings. The van der Waals surface area contributed by atoms with Crippen molar-refractivity contribution in [2.24, 2.45) is 0 Å². The van der Waals surface area contributed by atoms with E-state index >= 15 is 0 Å². The van der Waals surface area contributed by atoms with E-state index in [-0.39, 0.29) is 13.2 Å². The first-order chi connectivity index (χ1) is 15.5. The van der Waals surface area contributed by atoms with Crippen molar-refractivity contribution >= 4 is 0 Å². The molecule has 3 aromatic rings. The third kappa shape index (κ3) is 4.49. The van der Waals surface area contributed by atoms with Crippen LogP contribution in [0, 0.1) is 0 Å². The van der Waals surface area contributed by atoms with Crippen LogP contribution in [-0.4, -0.2) is 47.5 Å². The Morgan fingerprint density at radius 3 is 1.66 bits per heavy atom. The monoisotopic (exact) mass is 434 g/mol. The Morgan fingerprint density at radius 1 is 0.812 bits per heavy atom. The smallest absolute Gasteiger partial charge is 0.164 e. The molecule has 0 amide bonds. The van der Waals surface area contributed by atoms with Crippen molar-refractivity contribution in [2.75, 3.05) is 13.2 Å². The molecule has 4 rings (SSSR count). The van der Waals surface area contributed by atoms with Gasteiger partial charge in [0.25, 0.3) is 0 Å². The molecule has 0 saturated carbocycles. The van der Waals surface area contributed by atoms with Gasteiger partial charge in [-0.25, -0.2) is 0 Å². The van der Waals surface area contributed by atoms with Crippen LogP contribution in [0.5, 0.6) is 0 Å². The van der Waals surface area contributed by atoms with Crippen LogP contribution in [0.15, 0.2) is 91.0 Å². The number of ether oxygens (including phenoxy) is 3. The minimum absolute atomic E-state index is 0.0146. The van der Waals surface area contributed by atoms with Crippen molar-refractivity contribution in [2.45, 2.75) is 43.5 Å². The second kappa shape index (κ2) is 9.53. The van der Waals surface area contributed by atoms with Crippen LogP contribution in [0.4, 0.5) is 0 Å². The predicted octanol–water partition coefficient (Wildman–Crippen LogP) is 3.87. The third-order valence-electron chi connectivity index (χ3n) is 5.79. The summed E-state index contributed by atoms with van der Waals surface area (Å²) in [5, 5.41) is 20.8. The molecule has 3 atom stereocenters. The number of benzene rings is 3. The molecule has 1 aliphatic heterocycles. The Kier molecular flexibility index (Phi) is 6.74.